The van der Waals surface area contributed by atoms with E-state index >= 15 is 0 Å². The molecule has 0 spiro atoms. The van der Waals surface area contributed by atoms with Gasteiger partial charge in [-0.3, -0.25) is 16.3 Å². The molecule has 7 heteroatoms. The van der Waals surface area contributed by atoms with Gasteiger partial charge in [0.1, 0.15) is 0 Å². The van der Waals surface area contributed by atoms with Crippen LogP contribution in [0.15, 0.2) is 0 Å². The number of hydrogen-bond donors (Lipinski definition) is 3. The molecule has 4 bridgehead atoms. The second-order valence-electron chi connectivity index (χ2n) is 7.72. The monoisotopic (exact) mass is 340 g/mol. The summed E-state index contributed by atoms with van der Waals surface area (Å²) in [6.45, 7) is 7.91. The van der Waals surface area contributed by atoms with E-state index in [-0.39, 0.29) is 6.10 Å². The first-order valence-electron chi connectivity index (χ1n) is 9.60. The first-order chi connectivity index (χ1) is 11.8. The standard InChI is InChI=1S/C17H32N4O3/c1-12-11-23-7-6-22-5-4-21-10-13(9-18-21)17-15-8-14(24-12)2-3-16(15)19-20-17/h12-20H,2-11H2,1H3/t12-,13?,14?,15?,16?,17?/m0/s1. The van der Waals surface area contributed by atoms with E-state index in [1.807, 2.05) is 0 Å². The SMILES string of the molecule is C[C@H]1COCCOCCN2CC(CN2)C2NNC3CCC(CC32)O1. The van der Waals surface area contributed by atoms with Gasteiger partial charge in [0.25, 0.3) is 0 Å². The highest BCUT2D eigenvalue weighted by Gasteiger charge is 2.45. The van der Waals surface area contributed by atoms with Crippen LogP contribution in [0, 0.1) is 11.8 Å². The highest BCUT2D eigenvalue weighted by atomic mass is 16.6. The molecule has 4 fully saturated rings. The van der Waals surface area contributed by atoms with Gasteiger partial charge < -0.3 is 14.2 Å². The highest BCUT2D eigenvalue weighted by Crippen LogP contribution is 2.35. The van der Waals surface area contributed by atoms with Gasteiger partial charge in [-0.25, -0.2) is 5.01 Å². The molecule has 3 aliphatic heterocycles. The number of hydrazine groups is 2. The third-order valence-corrected chi connectivity index (χ3v) is 5.94. The average molecular weight is 340 g/mol. The topological polar surface area (TPSA) is 67.0 Å². The molecule has 138 valence electrons. The van der Waals surface area contributed by atoms with Crippen LogP contribution < -0.4 is 16.3 Å². The lowest BCUT2D eigenvalue weighted by atomic mass is 9.76. The second kappa shape index (κ2) is 7.95. The Hall–Kier alpha value is -0.280. The molecule has 3 saturated heterocycles. The maximum Gasteiger partial charge on any atom is 0.0784 e. The summed E-state index contributed by atoms with van der Waals surface area (Å²) in [5.41, 5.74) is 10.7. The van der Waals surface area contributed by atoms with E-state index in [4.69, 9.17) is 14.2 Å². The lowest BCUT2D eigenvalue weighted by Gasteiger charge is -2.35. The highest BCUT2D eigenvalue weighted by molar-refractivity contribution is 5.00. The minimum Gasteiger partial charge on any atom is -0.378 e. The van der Waals surface area contributed by atoms with Crippen molar-refractivity contribution in [3.63, 3.8) is 0 Å². The van der Waals surface area contributed by atoms with Crippen molar-refractivity contribution >= 4 is 0 Å². The Balaban J connectivity index is 1.42. The summed E-state index contributed by atoms with van der Waals surface area (Å²) in [5, 5.41) is 2.31. The molecule has 7 atom stereocenters. The van der Waals surface area contributed by atoms with Crippen molar-refractivity contribution in [3.8, 4) is 0 Å². The smallest absolute Gasteiger partial charge is 0.0784 e. The number of ether oxygens (including phenoxy) is 3. The van der Waals surface area contributed by atoms with Crippen LogP contribution in [0.25, 0.3) is 0 Å². The molecule has 0 aromatic heterocycles. The van der Waals surface area contributed by atoms with Crippen LogP contribution in [0.5, 0.6) is 0 Å². The zero-order valence-corrected chi connectivity index (χ0v) is 14.7. The van der Waals surface area contributed by atoms with Crippen LogP contribution >= 0.6 is 0 Å². The van der Waals surface area contributed by atoms with Gasteiger partial charge >= 0.3 is 0 Å². The maximum absolute atomic E-state index is 6.28. The lowest BCUT2D eigenvalue weighted by molar-refractivity contribution is -0.0761. The first-order valence-corrected chi connectivity index (χ1v) is 9.60. The van der Waals surface area contributed by atoms with Crippen LogP contribution in [-0.2, 0) is 14.2 Å². The van der Waals surface area contributed by atoms with Crippen molar-refractivity contribution in [2.75, 3.05) is 46.1 Å². The molecule has 0 aromatic carbocycles. The van der Waals surface area contributed by atoms with Gasteiger partial charge in [-0.1, -0.05) is 0 Å². The van der Waals surface area contributed by atoms with Gasteiger partial charge in [-0.05, 0) is 32.1 Å². The minimum absolute atomic E-state index is 0.156. The average Bonchev–Trinajstić information content (AvgIpc) is 3.19. The molecular weight excluding hydrogens is 308 g/mol. The van der Waals surface area contributed by atoms with E-state index in [1.165, 1.54) is 6.42 Å². The Morgan fingerprint density at radius 3 is 2.92 bits per heavy atom. The molecule has 0 radical (unpaired) electrons. The van der Waals surface area contributed by atoms with Gasteiger partial charge in [0, 0.05) is 37.6 Å². The fourth-order valence-electron chi connectivity index (χ4n) is 4.72. The first kappa shape index (κ1) is 17.1. The van der Waals surface area contributed by atoms with E-state index < -0.39 is 0 Å². The molecule has 3 heterocycles. The number of nitrogens with one attached hydrogen (secondary N) is 3. The molecule has 4 aliphatic rings. The maximum atomic E-state index is 6.28. The molecule has 7 nitrogen and oxygen atoms in total. The summed E-state index contributed by atoms with van der Waals surface area (Å²) in [4.78, 5) is 0. The largest absolute Gasteiger partial charge is 0.378 e. The van der Waals surface area contributed by atoms with Gasteiger partial charge in [0.2, 0.25) is 0 Å². The molecule has 6 unspecified atom stereocenters. The fraction of sp³-hybridized carbons (Fsp3) is 1.00. The number of fused-ring (bicyclic) bond motifs is 4. The summed E-state index contributed by atoms with van der Waals surface area (Å²) in [7, 11) is 0. The van der Waals surface area contributed by atoms with Crippen LogP contribution in [-0.4, -0.2) is 75.4 Å². The summed E-state index contributed by atoms with van der Waals surface area (Å²) in [6.07, 6.45) is 4.02. The van der Waals surface area contributed by atoms with E-state index in [0.29, 0.717) is 49.8 Å². The fourth-order valence-corrected chi connectivity index (χ4v) is 4.72. The van der Waals surface area contributed by atoms with Crippen molar-refractivity contribution in [1.29, 1.82) is 0 Å². The summed E-state index contributed by atoms with van der Waals surface area (Å²) in [5.74, 6) is 1.30. The second-order valence-corrected chi connectivity index (χ2v) is 7.72. The van der Waals surface area contributed by atoms with E-state index in [9.17, 15) is 0 Å². The van der Waals surface area contributed by atoms with Crippen LogP contribution in [0.3, 0.4) is 0 Å². The molecule has 1 aliphatic carbocycles. The Bertz CT molecular complexity index is 413. The molecule has 0 aromatic rings. The molecule has 0 amide bonds. The number of nitrogens with zero attached hydrogens (tertiary/aromatic N) is 1. The molecule has 4 rings (SSSR count). The quantitative estimate of drug-likeness (QED) is 0.568. The number of rotatable bonds is 0. The van der Waals surface area contributed by atoms with E-state index in [0.717, 1.165) is 39.1 Å². The van der Waals surface area contributed by atoms with Gasteiger partial charge in [0.05, 0.1) is 38.6 Å². The summed E-state index contributed by atoms with van der Waals surface area (Å²) >= 11 is 0. The predicted molar refractivity (Wildman–Crippen MR) is 90.2 cm³/mol. The van der Waals surface area contributed by atoms with Crippen LogP contribution in [0.2, 0.25) is 0 Å². The third kappa shape index (κ3) is 3.93. The molecule has 24 heavy (non-hydrogen) atoms. The van der Waals surface area contributed by atoms with Gasteiger partial charge in [-0.15, -0.1) is 0 Å². The Kier molecular flexibility index (Phi) is 5.68. The zero-order chi connectivity index (χ0) is 16.4. The van der Waals surface area contributed by atoms with Gasteiger partial charge in [-0.2, -0.15) is 0 Å². The van der Waals surface area contributed by atoms with Crippen molar-refractivity contribution in [3.05, 3.63) is 0 Å². The Morgan fingerprint density at radius 2 is 1.96 bits per heavy atom. The Morgan fingerprint density at radius 1 is 1.04 bits per heavy atom. The minimum atomic E-state index is 0.156. The molecule has 3 N–H and O–H groups in total. The van der Waals surface area contributed by atoms with Crippen molar-refractivity contribution < 1.29 is 14.2 Å². The summed E-state index contributed by atoms with van der Waals surface area (Å²) < 4.78 is 17.7. The van der Waals surface area contributed by atoms with Crippen molar-refractivity contribution in [1.82, 2.24) is 21.3 Å². The zero-order valence-electron chi connectivity index (χ0n) is 14.7. The van der Waals surface area contributed by atoms with Crippen LogP contribution in [0.1, 0.15) is 26.2 Å². The predicted octanol–water partition coefficient (Wildman–Crippen LogP) is -0.112. The number of hydrogen-bond acceptors (Lipinski definition) is 7. The lowest BCUT2D eigenvalue weighted by Crippen LogP contribution is -2.43. The third-order valence-electron chi connectivity index (χ3n) is 5.94. The van der Waals surface area contributed by atoms with Crippen molar-refractivity contribution in [2.45, 2.75) is 50.5 Å². The molecule has 1 saturated carbocycles. The van der Waals surface area contributed by atoms with Crippen LogP contribution in [0.4, 0.5) is 0 Å². The van der Waals surface area contributed by atoms with Crippen molar-refractivity contribution in [2.24, 2.45) is 11.8 Å². The molecular formula is C17H32N4O3. The summed E-state index contributed by atoms with van der Waals surface area (Å²) in [6, 6.07) is 1.12. The van der Waals surface area contributed by atoms with E-state index in [1.54, 1.807) is 0 Å². The Labute approximate surface area is 144 Å². The van der Waals surface area contributed by atoms with Gasteiger partial charge in [0.15, 0.2) is 0 Å². The normalized spacial score (nSPS) is 47.6. The van der Waals surface area contributed by atoms with E-state index in [2.05, 4.69) is 28.2 Å².